The lowest BCUT2D eigenvalue weighted by Gasteiger charge is -2.30. The highest BCUT2D eigenvalue weighted by molar-refractivity contribution is 5.97. The number of aromatic nitrogens is 3. The van der Waals surface area contributed by atoms with Crippen molar-refractivity contribution in [3.8, 4) is 11.4 Å². The molecule has 32 heavy (non-hydrogen) atoms. The van der Waals surface area contributed by atoms with E-state index in [2.05, 4.69) is 100 Å². The van der Waals surface area contributed by atoms with Gasteiger partial charge in [0.1, 0.15) is 5.69 Å². The van der Waals surface area contributed by atoms with E-state index in [4.69, 9.17) is 0 Å². The van der Waals surface area contributed by atoms with Crippen LogP contribution in [0.1, 0.15) is 42.7 Å². The molecule has 4 nitrogen and oxygen atoms in total. The van der Waals surface area contributed by atoms with Crippen molar-refractivity contribution in [2.24, 2.45) is 0 Å². The molecule has 160 valence electrons. The van der Waals surface area contributed by atoms with Gasteiger partial charge in [-0.1, -0.05) is 42.5 Å². The zero-order valence-electron chi connectivity index (χ0n) is 18.4. The molecule has 0 spiro atoms. The standard InChI is InChI=1S/C28H28N4/c1-18-7-8-21-16-27(30-26(21)15-18)28-24-17-23(13-14-25(24)31-32-28)29-22-11-9-20(10-12-22)19-5-3-2-4-6-19/h2-8,13-17,20,22,29-30H,9-12H2,1H3,(H,31,32). The lowest BCUT2D eigenvalue weighted by Crippen LogP contribution is -2.25. The topological polar surface area (TPSA) is 56.5 Å². The van der Waals surface area contributed by atoms with E-state index in [0.29, 0.717) is 12.0 Å². The molecule has 6 rings (SSSR count). The van der Waals surface area contributed by atoms with E-state index >= 15 is 0 Å². The first-order chi connectivity index (χ1) is 15.7. The summed E-state index contributed by atoms with van der Waals surface area (Å²) in [5.74, 6) is 0.697. The van der Waals surface area contributed by atoms with Crippen LogP contribution >= 0.6 is 0 Å². The highest BCUT2D eigenvalue weighted by atomic mass is 15.1. The largest absolute Gasteiger partial charge is 0.382 e. The van der Waals surface area contributed by atoms with E-state index < -0.39 is 0 Å². The average Bonchev–Trinajstić information content (AvgIpc) is 3.43. The number of nitrogens with one attached hydrogen (secondary N) is 3. The van der Waals surface area contributed by atoms with Gasteiger partial charge in [0, 0.05) is 28.0 Å². The summed E-state index contributed by atoms with van der Waals surface area (Å²) in [7, 11) is 0. The van der Waals surface area contributed by atoms with Crippen molar-refractivity contribution in [2.75, 3.05) is 5.32 Å². The molecule has 3 N–H and O–H groups in total. The van der Waals surface area contributed by atoms with Crippen molar-refractivity contribution in [1.82, 2.24) is 15.2 Å². The Bertz CT molecular complexity index is 1370. The number of rotatable bonds is 4. The van der Waals surface area contributed by atoms with Gasteiger partial charge >= 0.3 is 0 Å². The summed E-state index contributed by atoms with van der Waals surface area (Å²) >= 11 is 0. The molecule has 2 aromatic heterocycles. The van der Waals surface area contributed by atoms with Crippen molar-refractivity contribution < 1.29 is 0 Å². The van der Waals surface area contributed by atoms with E-state index in [9.17, 15) is 0 Å². The Balaban J connectivity index is 1.22. The van der Waals surface area contributed by atoms with Gasteiger partial charge in [0.25, 0.3) is 0 Å². The maximum atomic E-state index is 4.63. The van der Waals surface area contributed by atoms with Crippen LogP contribution in [0.5, 0.6) is 0 Å². The fourth-order valence-electron chi connectivity index (χ4n) is 5.21. The van der Waals surface area contributed by atoms with E-state index in [1.807, 2.05) is 0 Å². The number of hydrogen-bond donors (Lipinski definition) is 3. The minimum atomic E-state index is 0.527. The molecule has 1 saturated carbocycles. The number of aromatic amines is 2. The van der Waals surface area contributed by atoms with Gasteiger partial charge in [-0.05, 0) is 80.0 Å². The van der Waals surface area contributed by atoms with E-state index in [1.165, 1.54) is 47.9 Å². The lowest BCUT2D eigenvalue weighted by molar-refractivity contribution is 0.412. The van der Waals surface area contributed by atoms with Gasteiger partial charge in [0.2, 0.25) is 0 Å². The number of hydrogen-bond acceptors (Lipinski definition) is 2. The zero-order chi connectivity index (χ0) is 21.5. The summed E-state index contributed by atoms with van der Waals surface area (Å²) in [6.45, 7) is 2.12. The van der Waals surface area contributed by atoms with Gasteiger partial charge in [-0.2, -0.15) is 5.10 Å². The van der Waals surface area contributed by atoms with Gasteiger partial charge in [-0.25, -0.2) is 0 Å². The monoisotopic (exact) mass is 420 g/mol. The van der Waals surface area contributed by atoms with Gasteiger partial charge in [0.15, 0.2) is 0 Å². The maximum Gasteiger partial charge on any atom is 0.116 e. The number of nitrogens with zero attached hydrogens (tertiary/aromatic N) is 1. The third-order valence-corrected chi connectivity index (χ3v) is 6.96. The summed E-state index contributed by atoms with van der Waals surface area (Å²) in [5.41, 5.74) is 8.17. The van der Waals surface area contributed by atoms with E-state index in [1.54, 1.807) is 0 Å². The van der Waals surface area contributed by atoms with Crippen LogP contribution < -0.4 is 5.32 Å². The average molecular weight is 421 g/mol. The Morgan fingerprint density at radius 2 is 1.69 bits per heavy atom. The third-order valence-electron chi connectivity index (χ3n) is 6.96. The van der Waals surface area contributed by atoms with Gasteiger partial charge in [-0.15, -0.1) is 0 Å². The van der Waals surface area contributed by atoms with Crippen molar-refractivity contribution in [2.45, 2.75) is 44.6 Å². The number of anilines is 1. The van der Waals surface area contributed by atoms with Crippen LogP contribution in [-0.2, 0) is 0 Å². The molecule has 0 aliphatic heterocycles. The Morgan fingerprint density at radius 3 is 2.53 bits per heavy atom. The third kappa shape index (κ3) is 3.56. The van der Waals surface area contributed by atoms with Crippen molar-refractivity contribution in [3.05, 3.63) is 83.9 Å². The molecule has 0 unspecified atom stereocenters. The second kappa shape index (κ2) is 7.86. The fourth-order valence-corrected chi connectivity index (χ4v) is 5.21. The maximum absolute atomic E-state index is 4.63. The molecular weight excluding hydrogens is 392 g/mol. The molecule has 0 radical (unpaired) electrons. The molecule has 1 fully saturated rings. The highest BCUT2D eigenvalue weighted by Crippen LogP contribution is 2.35. The molecule has 4 heteroatoms. The molecule has 3 aromatic carbocycles. The molecule has 0 amide bonds. The Kier molecular flexibility index (Phi) is 4.71. The van der Waals surface area contributed by atoms with Crippen molar-refractivity contribution in [1.29, 1.82) is 0 Å². The number of benzene rings is 3. The number of H-pyrrole nitrogens is 2. The molecule has 5 aromatic rings. The highest BCUT2D eigenvalue weighted by Gasteiger charge is 2.22. The summed E-state index contributed by atoms with van der Waals surface area (Å²) in [4.78, 5) is 3.55. The Morgan fingerprint density at radius 1 is 0.844 bits per heavy atom. The first-order valence-corrected chi connectivity index (χ1v) is 11.6. The number of aryl methyl sites for hydroxylation is 1. The van der Waals surface area contributed by atoms with E-state index in [0.717, 1.165) is 27.8 Å². The SMILES string of the molecule is Cc1ccc2cc(-c3n[nH]c4ccc(NC5CCC(c6ccccc6)CC5)cc34)[nH]c2c1. The first-order valence-electron chi connectivity index (χ1n) is 11.6. The van der Waals surface area contributed by atoms with Gasteiger partial charge in [-0.3, -0.25) is 5.10 Å². The molecule has 0 bridgehead atoms. The predicted molar refractivity (Wildman–Crippen MR) is 133 cm³/mol. The normalized spacial score (nSPS) is 18.9. The lowest BCUT2D eigenvalue weighted by atomic mass is 9.82. The van der Waals surface area contributed by atoms with Crippen LogP contribution in [0.2, 0.25) is 0 Å². The van der Waals surface area contributed by atoms with Gasteiger partial charge < -0.3 is 10.3 Å². The fraction of sp³-hybridized carbons (Fsp3) is 0.250. The van der Waals surface area contributed by atoms with Crippen LogP contribution in [0, 0.1) is 6.92 Å². The Hall–Kier alpha value is -3.53. The van der Waals surface area contributed by atoms with Crippen LogP contribution in [0.3, 0.4) is 0 Å². The summed E-state index contributed by atoms with van der Waals surface area (Å²) in [5, 5.41) is 14.0. The smallest absolute Gasteiger partial charge is 0.116 e. The minimum Gasteiger partial charge on any atom is -0.382 e. The van der Waals surface area contributed by atoms with Crippen LogP contribution in [0.25, 0.3) is 33.2 Å². The zero-order valence-corrected chi connectivity index (χ0v) is 18.4. The molecule has 0 saturated heterocycles. The van der Waals surface area contributed by atoms with Crippen LogP contribution in [0.4, 0.5) is 5.69 Å². The van der Waals surface area contributed by atoms with Crippen LogP contribution in [-0.4, -0.2) is 21.2 Å². The molecule has 0 atom stereocenters. The second-order valence-corrected chi connectivity index (χ2v) is 9.21. The molecule has 1 aliphatic carbocycles. The molecule has 1 aliphatic rings. The van der Waals surface area contributed by atoms with Crippen LogP contribution in [0.15, 0.2) is 72.8 Å². The summed E-state index contributed by atoms with van der Waals surface area (Å²) in [6, 6.07) is 26.7. The van der Waals surface area contributed by atoms with Crippen molar-refractivity contribution >= 4 is 27.5 Å². The second-order valence-electron chi connectivity index (χ2n) is 9.21. The Labute approximate surface area is 188 Å². The van der Waals surface area contributed by atoms with Crippen molar-refractivity contribution in [3.63, 3.8) is 0 Å². The molecule has 2 heterocycles. The quantitative estimate of drug-likeness (QED) is 0.289. The first kappa shape index (κ1) is 19.2. The molecular formula is C28H28N4. The van der Waals surface area contributed by atoms with E-state index in [-0.39, 0.29) is 0 Å². The predicted octanol–water partition coefficient (Wildman–Crippen LogP) is 7.16. The summed E-state index contributed by atoms with van der Waals surface area (Å²) < 4.78 is 0. The number of fused-ring (bicyclic) bond motifs is 2. The van der Waals surface area contributed by atoms with Gasteiger partial charge in [0.05, 0.1) is 11.2 Å². The minimum absolute atomic E-state index is 0.527. The summed E-state index contributed by atoms with van der Waals surface area (Å²) in [6.07, 6.45) is 4.90.